The number of carbonyl (C=O) groups is 1. The standard InChI is InChI=1S/C17H14ClN3O6/c18-13-3-1-11(2-4-13)16-10-19(5-6-27-16)17(22)12-7-14(20(23)24)9-15(8-12)21(25)26/h1-4,7-9,16H,5-6,10H2. The normalized spacial score (nSPS) is 16.8. The van der Waals surface area contributed by atoms with Gasteiger partial charge < -0.3 is 9.64 Å². The largest absolute Gasteiger partial charge is 0.370 e. The zero-order chi connectivity index (χ0) is 19.6. The maximum Gasteiger partial charge on any atom is 0.277 e. The van der Waals surface area contributed by atoms with Gasteiger partial charge >= 0.3 is 0 Å². The molecule has 0 saturated carbocycles. The van der Waals surface area contributed by atoms with E-state index in [2.05, 4.69) is 0 Å². The lowest BCUT2D eigenvalue weighted by Gasteiger charge is -2.33. The SMILES string of the molecule is O=C(c1cc([N+](=O)[O-])cc([N+](=O)[O-])c1)N1CCOC(c2ccc(Cl)cc2)C1. The van der Waals surface area contributed by atoms with Crippen molar-refractivity contribution in [3.05, 3.63) is 78.8 Å². The number of nitro benzene ring substituents is 2. The van der Waals surface area contributed by atoms with Crippen molar-refractivity contribution in [2.45, 2.75) is 6.10 Å². The molecule has 1 unspecified atom stereocenters. The minimum Gasteiger partial charge on any atom is -0.370 e. The van der Waals surface area contributed by atoms with Crippen LogP contribution in [0, 0.1) is 20.2 Å². The van der Waals surface area contributed by atoms with E-state index in [1.54, 1.807) is 24.3 Å². The Kier molecular flexibility index (Phi) is 5.33. The summed E-state index contributed by atoms with van der Waals surface area (Å²) in [5, 5.41) is 22.6. The van der Waals surface area contributed by atoms with E-state index < -0.39 is 27.1 Å². The number of nitro groups is 2. The van der Waals surface area contributed by atoms with E-state index in [9.17, 15) is 25.0 Å². The summed E-state index contributed by atoms with van der Waals surface area (Å²) in [6.07, 6.45) is -0.381. The number of halogens is 1. The van der Waals surface area contributed by atoms with Gasteiger partial charge in [-0.15, -0.1) is 0 Å². The van der Waals surface area contributed by atoms with Crippen LogP contribution in [-0.2, 0) is 4.74 Å². The third kappa shape index (κ3) is 4.21. The molecule has 10 heteroatoms. The molecule has 3 rings (SSSR count). The van der Waals surface area contributed by atoms with Crippen LogP contribution in [0.2, 0.25) is 5.02 Å². The van der Waals surface area contributed by atoms with Gasteiger partial charge in [0.1, 0.15) is 6.10 Å². The van der Waals surface area contributed by atoms with Crippen LogP contribution >= 0.6 is 11.6 Å². The number of rotatable bonds is 4. The lowest BCUT2D eigenvalue weighted by atomic mass is 10.1. The van der Waals surface area contributed by atoms with Crippen LogP contribution in [0.4, 0.5) is 11.4 Å². The van der Waals surface area contributed by atoms with E-state index in [1.807, 2.05) is 0 Å². The first-order valence-corrected chi connectivity index (χ1v) is 8.33. The molecule has 0 bridgehead atoms. The number of hydrogen-bond donors (Lipinski definition) is 0. The quantitative estimate of drug-likeness (QED) is 0.582. The molecule has 1 fully saturated rings. The summed E-state index contributed by atoms with van der Waals surface area (Å²) in [5.74, 6) is -0.524. The van der Waals surface area contributed by atoms with Crippen molar-refractivity contribution >= 4 is 28.9 Å². The fourth-order valence-electron chi connectivity index (χ4n) is 2.82. The topological polar surface area (TPSA) is 116 Å². The van der Waals surface area contributed by atoms with Crippen LogP contribution in [0.3, 0.4) is 0 Å². The van der Waals surface area contributed by atoms with Crippen molar-refractivity contribution in [2.24, 2.45) is 0 Å². The van der Waals surface area contributed by atoms with Crippen molar-refractivity contribution < 1.29 is 19.4 Å². The summed E-state index contributed by atoms with van der Waals surface area (Å²) in [5.41, 5.74) is -0.278. The van der Waals surface area contributed by atoms with E-state index in [4.69, 9.17) is 16.3 Å². The highest BCUT2D eigenvalue weighted by atomic mass is 35.5. The molecule has 0 radical (unpaired) electrons. The first kappa shape index (κ1) is 18.7. The molecule has 27 heavy (non-hydrogen) atoms. The molecule has 2 aromatic carbocycles. The number of nitrogens with zero attached hydrogens (tertiary/aromatic N) is 3. The van der Waals surface area contributed by atoms with E-state index in [-0.39, 0.29) is 31.4 Å². The predicted octanol–water partition coefficient (Wildman–Crippen LogP) is 3.37. The molecular weight excluding hydrogens is 378 g/mol. The van der Waals surface area contributed by atoms with Crippen molar-refractivity contribution in [1.82, 2.24) is 4.90 Å². The molecule has 1 amide bonds. The van der Waals surface area contributed by atoms with Crippen molar-refractivity contribution in [2.75, 3.05) is 19.7 Å². The Morgan fingerprint density at radius 3 is 2.22 bits per heavy atom. The Morgan fingerprint density at radius 2 is 1.67 bits per heavy atom. The third-order valence-corrected chi connectivity index (χ3v) is 4.42. The summed E-state index contributed by atoms with van der Waals surface area (Å²) in [6.45, 7) is 0.770. The molecule has 1 aliphatic rings. The fourth-order valence-corrected chi connectivity index (χ4v) is 2.95. The maximum absolute atomic E-state index is 12.8. The Bertz CT molecular complexity index is 870. The minimum absolute atomic E-state index is 0.104. The van der Waals surface area contributed by atoms with Crippen LogP contribution in [0.1, 0.15) is 22.0 Å². The number of benzene rings is 2. The fraction of sp³-hybridized carbons (Fsp3) is 0.235. The molecule has 140 valence electrons. The summed E-state index contributed by atoms with van der Waals surface area (Å²) in [7, 11) is 0. The van der Waals surface area contributed by atoms with E-state index in [1.165, 1.54) is 4.90 Å². The molecule has 0 aliphatic carbocycles. The minimum atomic E-state index is -0.764. The monoisotopic (exact) mass is 391 g/mol. The number of non-ortho nitro benzene ring substituents is 2. The maximum atomic E-state index is 12.8. The lowest BCUT2D eigenvalue weighted by Crippen LogP contribution is -2.42. The van der Waals surface area contributed by atoms with Gasteiger partial charge in [-0.25, -0.2) is 0 Å². The average Bonchev–Trinajstić information content (AvgIpc) is 2.67. The summed E-state index contributed by atoms with van der Waals surface area (Å²) in [6, 6.07) is 9.92. The second-order valence-corrected chi connectivity index (χ2v) is 6.35. The van der Waals surface area contributed by atoms with Gasteiger partial charge in [-0.2, -0.15) is 0 Å². The number of amides is 1. The van der Waals surface area contributed by atoms with E-state index in [0.717, 1.165) is 23.8 Å². The second-order valence-electron chi connectivity index (χ2n) is 5.91. The van der Waals surface area contributed by atoms with Gasteiger partial charge in [0.15, 0.2) is 0 Å². The molecule has 1 saturated heterocycles. The van der Waals surface area contributed by atoms with Crippen LogP contribution < -0.4 is 0 Å². The van der Waals surface area contributed by atoms with Crippen molar-refractivity contribution in [3.63, 3.8) is 0 Å². The van der Waals surface area contributed by atoms with Gasteiger partial charge in [-0.05, 0) is 17.7 Å². The highest BCUT2D eigenvalue weighted by Gasteiger charge is 2.28. The summed E-state index contributed by atoms with van der Waals surface area (Å²) < 4.78 is 5.69. The van der Waals surface area contributed by atoms with Gasteiger partial charge in [0.05, 0.1) is 34.6 Å². The molecule has 2 aromatic rings. The van der Waals surface area contributed by atoms with Crippen LogP contribution in [0.15, 0.2) is 42.5 Å². The van der Waals surface area contributed by atoms with Gasteiger partial charge in [0.25, 0.3) is 17.3 Å². The number of ether oxygens (including phenoxy) is 1. The zero-order valence-corrected chi connectivity index (χ0v) is 14.7. The highest BCUT2D eigenvalue weighted by Crippen LogP contribution is 2.27. The first-order chi connectivity index (χ1) is 12.8. The Hall–Kier alpha value is -3.04. The average molecular weight is 392 g/mol. The smallest absolute Gasteiger partial charge is 0.277 e. The van der Waals surface area contributed by atoms with Crippen LogP contribution in [-0.4, -0.2) is 40.4 Å². The highest BCUT2D eigenvalue weighted by molar-refractivity contribution is 6.30. The predicted molar refractivity (Wildman–Crippen MR) is 95.8 cm³/mol. The van der Waals surface area contributed by atoms with Crippen molar-refractivity contribution in [3.8, 4) is 0 Å². The lowest BCUT2D eigenvalue weighted by molar-refractivity contribution is -0.394. The summed E-state index contributed by atoms with van der Waals surface area (Å²) in [4.78, 5) is 34.8. The van der Waals surface area contributed by atoms with Gasteiger partial charge in [0.2, 0.25) is 0 Å². The second kappa shape index (κ2) is 7.68. The zero-order valence-electron chi connectivity index (χ0n) is 13.9. The van der Waals surface area contributed by atoms with Crippen LogP contribution in [0.25, 0.3) is 0 Å². The molecule has 0 spiro atoms. The van der Waals surface area contributed by atoms with E-state index in [0.29, 0.717) is 5.02 Å². The Balaban J connectivity index is 1.85. The molecule has 1 atom stereocenters. The molecule has 1 aliphatic heterocycles. The number of hydrogen-bond acceptors (Lipinski definition) is 6. The number of carbonyl (C=O) groups excluding carboxylic acids is 1. The molecule has 9 nitrogen and oxygen atoms in total. The van der Waals surface area contributed by atoms with Gasteiger partial charge in [-0.3, -0.25) is 25.0 Å². The Morgan fingerprint density at radius 1 is 1.07 bits per heavy atom. The molecule has 0 N–H and O–H groups in total. The molecule has 1 heterocycles. The Labute approximate surface area is 158 Å². The number of morpholine rings is 1. The first-order valence-electron chi connectivity index (χ1n) is 7.95. The van der Waals surface area contributed by atoms with Crippen molar-refractivity contribution in [1.29, 1.82) is 0 Å². The van der Waals surface area contributed by atoms with E-state index >= 15 is 0 Å². The summed E-state index contributed by atoms with van der Waals surface area (Å²) >= 11 is 5.88. The van der Waals surface area contributed by atoms with Gasteiger partial charge in [0, 0.05) is 23.7 Å². The third-order valence-electron chi connectivity index (χ3n) is 4.17. The molecular formula is C17H14ClN3O6. The molecule has 0 aromatic heterocycles. The van der Waals surface area contributed by atoms with Crippen LogP contribution in [0.5, 0.6) is 0 Å². The van der Waals surface area contributed by atoms with Gasteiger partial charge in [-0.1, -0.05) is 23.7 Å².